The lowest BCUT2D eigenvalue weighted by atomic mass is 10.6. The second-order valence-corrected chi connectivity index (χ2v) is 4.45. The van der Waals surface area contributed by atoms with Gasteiger partial charge in [0.25, 0.3) is 0 Å². The van der Waals surface area contributed by atoms with Gasteiger partial charge in [0.05, 0.1) is 12.8 Å². The molecule has 1 N–H and O–H groups in total. The summed E-state index contributed by atoms with van der Waals surface area (Å²) in [7, 11) is 0. The molecule has 0 saturated carbocycles. The van der Waals surface area contributed by atoms with E-state index in [0.717, 1.165) is 0 Å². The molecule has 0 spiro atoms. The van der Waals surface area contributed by atoms with Crippen LogP contribution in [0.4, 0.5) is 4.79 Å². The summed E-state index contributed by atoms with van der Waals surface area (Å²) < 4.78 is 2.99. The summed E-state index contributed by atoms with van der Waals surface area (Å²) in [5.41, 5.74) is 0. The Balaban J connectivity index is 3.64. The molecule has 0 aromatic heterocycles. The predicted octanol–water partition coefficient (Wildman–Crippen LogP) is 2.78. The van der Waals surface area contributed by atoms with Gasteiger partial charge in [0.2, 0.25) is 3.79 Å². The number of carbonyl (C=O) groups excluding carboxylic acids is 1. The SMILES string of the molecule is C=CC=COC(=O)NCC(Cl)(Cl)Cl. The Morgan fingerprint density at radius 1 is 1.54 bits per heavy atom. The molecule has 0 aliphatic heterocycles. The van der Waals surface area contributed by atoms with Gasteiger partial charge in [-0.15, -0.1) is 0 Å². The Labute approximate surface area is 91.3 Å². The van der Waals surface area contributed by atoms with E-state index in [1.807, 2.05) is 0 Å². The number of hydrogen-bond acceptors (Lipinski definition) is 2. The zero-order valence-corrected chi connectivity index (χ0v) is 8.86. The van der Waals surface area contributed by atoms with Gasteiger partial charge in [0.15, 0.2) is 0 Å². The van der Waals surface area contributed by atoms with Gasteiger partial charge >= 0.3 is 6.09 Å². The fraction of sp³-hybridized carbons (Fsp3) is 0.286. The molecular formula is C7H8Cl3NO2. The molecule has 0 fully saturated rings. The lowest BCUT2D eigenvalue weighted by Crippen LogP contribution is -2.31. The maximum absolute atomic E-state index is 10.8. The van der Waals surface area contributed by atoms with Gasteiger partial charge in [-0.05, 0) is 6.08 Å². The molecule has 0 rings (SSSR count). The van der Waals surface area contributed by atoms with Crippen molar-refractivity contribution < 1.29 is 9.53 Å². The quantitative estimate of drug-likeness (QED) is 0.471. The fourth-order valence-electron chi connectivity index (χ4n) is 0.371. The van der Waals surface area contributed by atoms with E-state index in [4.69, 9.17) is 34.8 Å². The van der Waals surface area contributed by atoms with Crippen LogP contribution in [0.2, 0.25) is 0 Å². The highest BCUT2D eigenvalue weighted by Crippen LogP contribution is 2.24. The topological polar surface area (TPSA) is 38.3 Å². The van der Waals surface area contributed by atoms with Gasteiger partial charge in [-0.2, -0.15) is 0 Å². The molecule has 6 heteroatoms. The van der Waals surface area contributed by atoms with Crippen molar-refractivity contribution in [2.45, 2.75) is 3.79 Å². The van der Waals surface area contributed by atoms with Gasteiger partial charge in [-0.1, -0.05) is 47.5 Å². The number of ether oxygens (including phenoxy) is 1. The molecule has 13 heavy (non-hydrogen) atoms. The molecule has 0 aromatic rings. The van der Waals surface area contributed by atoms with Crippen LogP contribution in [0.25, 0.3) is 0 Å². The van der Waals surface area contributed by atoms with E-state index in [2.05, 4.69) is 16.6 Å². The Morgan fingerprint density at radius 3 is 2.62 bits per heavy atom. The van der Waals surface area contributed by atoms with Crippen molar-refractivity contribution in [3.8, 4) is 0 Å². The second-order valence-electron chi connectivity index (χ2n) is 1.94. The second kappa shape index (κ2) is 6.13. The molecule has 0 heterocycles. The maximum Gasteiger partial charge on any atom is 0.412 e. The van der Waals surface area contributed by atoms with E-state index in [-0.39, 0.29) is 6.54 Å². The van der Waals surface area contributed by atoms with Crippen molar-refractivity contribution >= 4 is 40.9 Å². The van der Waals surface area contributed by atoms with Crippen LogP contribution in [-0.4, -0.2) is 16.4 Å². The molecule has 0 aromatic carbocycles. The van der Waals surface area contributed by atoms with Crippen LogP contribution in [0.15, 0.2) is 25.0 Å². The average molecular weight is 245 g/mol. The highest BCUT2D eigenvalue weighted by molar-refractivity contribution is 6.67. The number of carbonyl (C=O) groups is 1. The molecule has 0 atom stereocenters. The standard InChI is InChI=1S/C7H8Cl3NO2/c1-2-3-4-13-6(12)11-5-7(8,9)10/h2-4H,1,5H2,(H,11,12). The van der Waals surface area contributed by atoms with E-state index in [0.29, 0.717) is 0 Å². The van der Waals surface area contributed by atoms with Crippen LogP contribution < -0.4 is 5.32 Å². The molecule has 0 unspecified atom stereocenters. The van der Waals surface area contributed by atoms with Crippen molar-refractivity contribution in [3.05, 3.63) is 25.0 Å². The van der Waals surface area contributed by atoms with Gasteiger partial charge in [-0.25, -0.2) is 4.79 Å². The van der Waals surface area contributed by atoms with E-state index in [9.17, 15) is 4.79 Å². The Hall–Kier alpha value is -0.380. The fourth-order valence-corrected chi connectivity index (χ4v) is 0.571. The van der Waals surface area contributed by atoms with E-state index >= 15 is 0 Å². The summed E-state index contributed by atoms with van der Waals surface area (Å²) in [4.78, 5) is 10.8. The first-order chi connectivity index (χ1) is 5.95. The molecule has 0 aliphatic rings. The van der Waals surface area contributed by atoms with Crippen LogP contribution in [-0.2, 0) is 4.74 Å². The van der Waals surface area contributed by atoms with Crippen molar-refractivity contribution in [3.63, 3.8) is 0 Å². The molecule has 1 amide bonds. The number of nitrogens with one attached hydrogen (secondary N) is 1. The summed E-state index contributed by atoms with van der Waals surface area (Å²) >= 11 is 16.1. The molecule has 3 nitrogen and oxygen atoms in total. The molecule has 74 valence electrons. The molecule has 0 bridgehead atoms. The summed E-state index contributed by atoms with van der Waals surface area (Å²) in [6, 6.07) is 0. The predicted molar refractivity (Wildman–Crippen MR) is 54.1 cm³/mol. The maximum atomic E-state index is 10.8. The van der Waals surface area contributed by atoms with E-state index in [1.54, 1.807) is 0 Å². The summed E-state index contributed by atoms with van der Waals surface area (Å²) in [6.07, 6.45) is 3.39. The number of halogens is 3. The first kappa shape index (κ1) is 12.6. The zero-order chi connectivity index (χ0) is 10.3. The monoisotopic (exact) mass is 243 g/mol. The third kappa shape index (κ3) is 9.53. The smallest absolute Gasteiger partial charge is 0.412 e. The minimum Gasteiger partial charge on any atom is -0.418 e. The zero-order valence-electron chi connectivity index (χ0n) is 6.60. The lowest BCUT2D eigenvalue weighted by Gasteiger charge is -2.10. The van der Waals surface area contributed by atoms with Gasteiger partial charge in [0.1, 0.15) is 0 Å². The van der Waals surface area contributed by atoms with Crippen molar-refractivity contribution in [2.75, 3.05) is 6.54 Å². The van der Waals surface area contributed by atoms with Crippen LogP contribution in [0.5, 0.6) is 0 Å². The van der Waals surface area contributed by atoms with Gasteiger partial charge < -0.3 is 10.1 Å². The average Bonchev–Trinajstić information content (AvgIpc) is 2.00. The molecule has 0 aliphatic carbocycles. The van der Waals surface area contributed by atoms with Gasteiger partial charge in [0, 0.05) is 0 Å². The lowest BCUT2D eigenvalue weighted by molar-refractivity contribution is 0.185. The largest absolute Gasteiger partial charge is 0.418 e. The molecule has 0 saturated heterocycles. The van der Waals surface area contributed by atoms with Crippen LogP contribution in [0.1, 0.15) is 0 Å². The first-order valence-corrected chi connectivity index (χ1v) is 4.38. The minimum absolute atomic E-state index is 0.113. The number of allylic oxidation sites excluding steroid dienone is 2. The van der Waals surface area contributed by atoms with Crippen LogP contribution in [0, 0.1) is 0 Å². The third-order valence-corrected chi connectivity index (χ3v) is 1.22. The number of amides is 1. The van der Waals surface area contributed by atoms with Gasteiger partial charge in [-0.3, -0.25) is 0 Å². The number of alkyl carbamates (subject to hydrolysis) is 1. The normalized spacial score (nSPS) is 11.3. The summed E-state index contributed by atoms with van der Waals surface area (Å²) in [5.74, 6) is 0. The highest BCUT2D eigenvalue weighted by atomic mass is 35.6. The first-order valence-electron chi connectivity index (χ1n) is 3.24. The van der Waals surface area contributed by atoms with Crippen molar-refractivity contribution in [2.24, 2.45) is 0 Å². The van der Waals surface area contributed by atoms with E-state index < -0.39 is 9.89 Å². The summed E-state index contributed by atoms with van der Waals surface area (Å²) in [6.45, 7) is 3.27. The Bertz CT molecular complexity index is 210. The molecular weight excluding hydrogens is 236 g/mol. The van der Waals surface area contributed by atoms with E-state index in [1.165, 1.54) is 18.4 Å². The Kier molecular flexibility index (Phi) is 5.95. The number of alkyl halides is 3. The van der Waals surface area contributed by atoms with Crippen molar-refractivity contribution in [1.82, 2.24) is 5.32 Å². The highest BCUT2D eigenvalue weighted by Gasteiger charge is 2.20. The number of rotatable bonds is 3. The molecule has 0 radical (unpaired) electrons. The third-order valence-electron chi connectivity index (χ3n) is 0.823. The van der Waals surface area contributed by atoms with Crippen LogP contribution in [0.3, 0.4) is 0 Å². The summed E-state index contributed by atoms with van der Waals surface area (Å²) in [5, 5.41) is 2.24. The van der Waals surface area contributed by atoms with Crippen LogP contribution >= 0.6 is 34.8 Å². The Morgan fingerprint density at radius 2 is 2.15 bits per heavy atom. The minimum atomic E-state index is -1.51. The number of hydrogen-bond donors (Lipinski definition) is 1. The van der Waals surface area contributed by atoms with Crippen molar-refractivity contribution in [1.29, 1.82) is 0 Å².